The van der Waals surface area contributed by atoms with E-state index in [1.807, 2.05) is 0 Å². The largest absolute Gasteiger partial charge is 0.376 e. The van der Waals surface area contributed by atoms with Crippen LogP contribution < -0.4 is 10.6 Å². The number of nitrogens with one attached hydrogen (secondary N) is 2. The Bertz CT molecular complexity index is 512. The monoisotopic (exact) mass is 328 g/mol. The van der Waals surface area contributed by atoms with E-state index < -0.39 is 4.92 Å². The molecular formula is C13H20N4O4S. The first-order valence-corrected chi connectivity index (χ1v) is 8.40. The van der Waals surface area contributed by atoms with Gasteiger partial charge in [-0.2, -0.15) is 4.98 Å². The van der Waals surface area contributed by atoms with E-state index in [-0.39, 0.29) is 17.2 Å². The van der Waals surface area contributed by atoms with Crippen LogP contribution in [0.25, 0.3) is 0 Å². The molecule has 0 bridgehead atoms. The van der Waals surface area contributed by atoms with Crippen LogP contribution in [0.5, 0.6) is 0 Å². The Morgan fingerprint density at radius 3 is 2.36 bits per heavy atom. The van der Waals surface area contributed by atoms with Crippen molar-refractivity contribution in [2.45, 2.75) is 37.9 Å². The molecule has 1 aromatic rings. The summed E-state index contributed by atoms with van der Waals surface area (Å²) in [5.74, 6) is 0.320. The zero-order valence-corrected chi connectivity index (χ0v) is 13.1. The topological polar surface area (TPSA) is 98.6 Å². The van der Waals surface area contributed by atoms with Crippen LogP contribution >= 0.6 is 11.3 Å². The summed E-state index contributed by atoms with van der Waals surface area (Å²) in [5.41, 5.74) is 0. The third kappa shape index (κ3) is 3.84. The lowest BCUT2D eigenvalue weighted by molar-refractivity contribution is -0.379. The average molecular weight is 328 g/mol. The van der Waals surface area contributed by atoms with Gasteiger partial charge in [0.1, 0.15) is 0 Å². The van der Waals surface area contributed by atoms with Crippen LogP contribution in [0.2, 0.25) is 0 Å². The normalized spacial score (nSPS) is 24.5. The summed E-state index contributed by atoms with van der Waals surface area (Å²) in [6.45, 7) is 2.74. The van der Waals surface area contributed by atoms with Crippen molar-refractivity contribution in [3.05, 3.63) is 10.1 Å². The molecule has 2 saturated heterocycles. The Hall–Kier alpha value is -1.45. The molecule has 122 valence electrons. The number of thiazole rings is 1. The van der Waals surface area contributed by atoms with Crippen molar-refractivity contribution in [3.63, 3.8) is 0 Å². The number of nitro groups is 1. The van der Waals surface area contributed by atoms with Gasteiger partial charge in [0.15, 0.2) is 5.13 Å². The number of anilines is 2. The van der Waals surface area contributed by atoms with E-state index in [1.165, 1.54) is 0 Å². The van der Waals surface area contributed by atoms with Crippen LogP contribution in [-0.2, 0) is 9.47 Å². The van der Waals surface area contributed by atoms with E-state index in [1.54, 1.807) is 0 Å². The molecular weight excluding hydrogens is 308 g/mol. The predicted octanol–water partition coefficient (Wildman–Crippen LogP) is 2.23. The Morgan fingerprint density at radius 1 is 1.18 bits per heavy atom. The molecule has 0 saturated carbocycles. The number of rotatable bonds is 7. The van der Waals surface area contributed by atoms with Crippen LogP contribution in [0.15, 0.2) is 0 Å². The first kappa shape index (κ1) is 15.4. The molecule has 0 unspecified atom stereocenters. The molecule has 8 nitrogen and oxygen atoms in total. The molecule has 2 N–H and O–H groups in total. The van der Waals surface area contributed by atoms with Gasteiger partial charge in [0.05, 0.1) is 17.1 Å². The fraction of sp³-hybridized carbons (Fsp3) is 0.769. The van der Waals surface area contributed by atoms with Gasteiger partial charge in [-0.25, -0.2) is 0 Å². The third-order valence-corrected chi connectivity index (χ3v) is 4.77. The van der Waals surface area contributed by atoms with Gasteiger partial charge in [-0.05, 0) is 37.0 Å². The van der Waals surface area contributed by atoms with Crippen molar-refractivity contribution < 1.29 is 14.4 Å². The van der Waals surface area contributed by atoms with E-state index in [2.05, 4.69) is 15.6 Å². The zero-order valence-electron chi connectivity index (χ0n) is 12.2. The highest BCUT2D eigenvalue weighted by molar-refractivity contribution is 7.19. The molecule has 0 aromatic carbocycles. The Balaban J connectivity index is 1.58. The maximum Gasteiger partial charge on any atom is 0.369 e. The molecule has 0 amide bonds. The summed E-state index contributed by atoms with van der Waals surface area (Å²) in [7, 11) is 0. The number of ether oxygens (including phenoxy) is 2. The van der Waals surface area contributed by atoms with Crippen LogP contribution in [0.4, 0.5) is 16.0 Å². The zero-order chi connectivity index (χ0) is 15.4. The van der Waals surface area contributed by atoms with Gasteiger partial charge in [-0.15, -0.1) is 0 Å². The minimum Gasteiger partial charge on any atom is -0.376 e. The molecule has 3 heterocycles. The second kappa shape index (κ2) is 7.21. The highest BCUT2D eigenvalue weighted by Gasteiger charge is 2.24. The fourth-order valence-corrected chi connectivity index (χ4v) is 3.41. The molecule has 1 aromatic heterocycles. The second-order valence-corrected chi connectivity index (χ2v) is 6.44. The quantitative estimate of drug-likeness (QED) is 0.585. The molecule has 3 rings (SSSR count). The van der Waals surface area contributed by atoms with E-state index >= 15 is 0 Å². The summed E-state index contributed by atoms with van der Waals surface area (Å²) in [4.78, 5) is 15.0. The first-order valence-electron chi connectivity index (χ1n) is 7.58. The van der Waals surface area contributed by atoms with Crippen LogP contribution in [0.3, 0.4) is 0 Å². The molecule has 2 aliphatic rings. The fourth-order valence-electron chi connectivity index (χ4n) is 2.65. The van der Waals surface area contributed by atoms with E-state index in [9.17, 15) is 10.1 Å². The number of aromatic nitrogens is 1. The van der Waals surface area contributed by atoms with E-state index in [4.69, 9.17) is 9.47 Å². The van der Waals surface area contributed by atoms with E-state index in [0.717, 1.165) is 50.2 Å². The maximum atomic E-state index is 11.1. The minimum atomic E-state index is -0.396. The SMILES string of the molecule is O=[N+]([O-])c1sc(NC[C@@H]2CCCO2)nc1NC[C@@H]1CCCO1. The Kier molecular flexibility index (Phi) is 5.06. The number of hydrogen-bond acceptors (Lipinski definition) is 8. The Labute approximate surface area is 132 Å². The molecule has 9 heteroatoms. The van der Waals surface area contributed by atoms with Gasteiger partial charge in [0.2, 0.25) is 5.82 Å². The Morgan fingerprint density at radius 2 is 1.82 bits per heavy atom. The lowest BCUT2D eigenvalue weighted by Crippen LogP contribution is -2.19. The van der Waals surface area contributed by atoms with Gasteiger partial charge in [0, 0.05) is 26.3 Å². The smallest absolute Gasteiger partial charge is 0.369 e. The average Bonchev–Trinajstić information content (AvgIpc) is 3.23. The molecule has 2 atom stereocenters. The van der Waals surface area contributed by atoms with Crippen LogP contribution in [0, 0.1) is 10.1 Å². The van der Waals surface area contributed by atoms with Gasteiger partial charge in [0.25, 0.3) is 0 Å². The molecule has 0 radical (unpaired) electrons. The van der Waals surface area contributed by atoms with Crippen molar-refractivity contribution in [1.29, 1.82) is 0 Å². The van der Waals surface area contributed by atoms with Crippen molar-refractivity contribution in [3.8, 4) is 0 Å². The highest BCUT2D eigenvalue weighted by atomic mass is 32.1. The molecule has 2 aliphatic heterocycles. The minimum absolute atomic E-state index is 0.0350. The lowest BCUT2D eigenvalue weighted by atomic mass is 10.2. The molecule has 2 fully saturated rings. The van der Waals surface area contributed by atoms with Crippen molar-refractivity contribution >= 4 is 27.3 Å². The van der Waals surface area contributed by atoms with Gasteiger partial charge in [-0.1, -0.05) is 0 Å². The van der Waals surface area contributed by atoms with Crippen molar-refractivity contribution in [2.24, 2.45) is 0 Å². The molecule has 0 spiro atoms. The number of nitrogens with zero attached hydrogens (tertiary/aromatic N) is 2. The second-order valence-electron chi connectivity index (χ2n) is 5.46. The van der Waals surface area contributed by atoms with Gasteiger partial charge in [-0.3, -0.25) is 10.1 Å². The lowest BCUT2D eigenvalue weighted by Gasteiger charge is -2.10. The van der Waals surface area contributed by atoms with Crippen LogP contribution in [0.1, 0.15) is 25.7 Å². The van der Waals surface area contributed by atoms with E-state index in [0.29, 0.717) is 24.0 Å². The van der Waals surface area contributed by atoms with Gasteiger partial charge >= 0.3 is 5.00 Å². The van der Waals surface area contributed by atoms with Crippen molar-refractivity contribution in [1.82, 2.24) is 4.98 Å². The van der Waals surface area contributed by atoms with Crippen LogP contribution in [-0.4, -0.2) is 48.4 Å². The van der Waals surface area contributed by atoms with Gasteiger partial charge < -0.3 is 20.1 Å². The molecule has 22 heavy (non-hydrogen) atoms. The summed E-state index contributed by atoms with van der Waals surface area (Å²) in [6, 6.07) is 0. The predicted molar refractivity (Wildman–Crippen MR) is 83.7 cm³/mol. The van der Waals surface area contributed by atoms with Crippen molar-refractivity contribution in [2.75, 3.05) is 36.9 Å². The molecule has 0 aliphatic carbocycles. The first-order chi connectivity index (χ1) is 10.7. The summed E-state index contributed by atoms with van der Waals surface area (Å²) in [6.07, 6.45) is 4.40. The maximum absolute atomic E-state index is 11.1. The summed E-state index contributed by atoms with van der Waals surface area (Å²) in [5, 5.41) is 17.9. The summed E-state index contributed by atoms with van der Waals surface area (Å²) >= 11 is 1.05. The third-order valence-electron chi connectivity index (χ3n) is 3.80. The number of hydrogen-bond donors (Lipinski definition) is 2. The highest BCUT2D eigenvalue weighted by Crippen LogP contribution is 2.34. The summed E-state index contributed by atoms with van der Waals surface area (Å²) < 4.78 is 11.0. The standard InChI is InChI=1S/C13H20N4O4S/c18-17(19)12-11(14-7-9-3-1-5-20-9)16-13(22-12)15-8-10-4-2-6-21-10/h9-10,14H,1-8H2,(H,15,16)/t9-,10-/m0/s1.